The molecule has 2 unspecified atom stereocenters. The Bertz CT molecular complexity index is 1430. The van der Waals surface area contributed by atoms with Gasteiger partial charge in [0.25, 0.3) is 5.91 Å². The van der Waals surface area contributed by atoms with Crippen molar-refractivity contribution in [2.45, 2.75) is 31.6 Å². The van der Waals surface area contributed by atoms with Crippen molar-refractivity contribution in [1.29, 1.82) is 0 Å². The first kappa shape index (κ1) is 28.7. The summed E-state index contributed by atoms with van der Waals surface area (Å²) in [5, 5.41) is 3.11. The average Bonchev–Trinajstić information content (AvgIpc) is 3.03. The number of hydrogen-bond donors (Lipinski definition) is 1. The first-order valence-electron chi connectivity index (χ1n) is 14.9. The van der Waals surface area contributed by atoms with Crippen LogP contribution in [0.4, 0.5) is 4.79 Å². The molecule has 43 heavy (non-hydrogen) atoms. The Hall–Kier alpha value is -4.37. The molecule has 2 amide bonds. The van der Waals surface area contributed by atoms with Crippen molar-refractivity contribution in [2.24, 2.45) is 11.8 Å². The Balaban J connectivity index is 1.08. The van der Waals surface area contributed by atoms with Crippen LogP contribution in [0.25, 0.3) is 0 Å². The molecule has 0 aliphatic carbocycles. The number of ether oxygens (including phenoxy) is 3. The van der Waals surface area contributed by atoms with Crippen molar-refractivity contribution in [3.8, 4) is 5.75 Å². The standard InChI is InChI=1S/C34H37N3O6/c1-41-33(39)28-19-37(20-28)32(38)26-12-10-23(11-13-26)22-42-29-9-5-8-27(18-29)31(25-6-3-2-4-7-25)35-34(40)43-30-21-36-16-14-24(30)15-17-36/h2-13,18,24,28,30-31H,14-17,19-22H2,1H3,(H,35,40). The van der Waals surface area contributed by atoms with E-state index in [9.17, 15) is 14.4 Å². The highest BCUT2D eigenvalue weighted by Gasteiger charge is 2.38. The van der Waals surface area contributed by atoms with Crippen LogP contribution in [0.1, 0.15) is 45.9 Å². The molecule has 0 spiro atoms. The largest absolute Gasteiger partial charge is 0.489 e. The summed E-state index contributed by atoms with van der Waals surface area (Å²) in [5.74, 6) is 0.470. The number of carbonyl (C=O) groups excluding carboxylic acids is 3. The molecule has 224 valence electrons. The van der Waals surface area contributed by atoms with Crippen molar-refractivity contribution in [1.82, 2.24) is 15.1 Å². The van der Waals surface area contributed by atoms with E-state index in [1.165, 1.54) is 7.11 Å². The van der Waals surface area contributed by atoms with Crippen LogP contribution in [0, 0.1) is 11.8 Å². The summed E-state index contributed by atoms with van der Waals surface area (Å²) in [6, 6.07) is 24.4. The summed E-state index contributed by atoms with van der Waals surface area (Å²) in [7, 11) is 1.36. The second kappa shape index (κ2) is 12.9. The lowest BCUT2D eigenvalue weighted by molar-refractivity contribution is -0.149. The Kier molecular flexibility index (Phi) is 8.60. The van der Waals surface area contributed by atoms with E-state index >= 15 is 0 Å². The lowest BCUT2D eigenvalue weighted by Gasteiger charge is -2.43. The third-order valence-electron chi connectivity index (χ3n) is 8.75. The smallest absolute Gasteiger partial charge is 0.408 e. The lowest BCUT2D eigenvalue weighted by atomic mass is 9.86. The van der Waals surface area contributed by atoms with Crippen molar-refractivity contribution >= 4 is 18.0 Å². The molecule has 1 N–H and O–H groups in total. The fourth-order valence-electron chi connectivity index (χ4n) is 6.18. The third kappa shape index (κ3) is 6.67. The molecule has 9 nitrogen and oxygen atoms in total. The van der Waals surface area contributed by atoms with Gasteiger partial charge in [-0.2, -0.15) is 0 Å². The minimum atomic E-state index is -0.410. The van der Waals surface area contributed by atoms with Crippen molar-refractivity contribution in [3.05, 3.63) is 101 Å². The van der Waals surface area contributed by atoms with Crippen LogP contribution >= 0.6 is 0 Å². The molecular weight excluding hydrogens is 546 g/mol. The summed E-state index contributed by atoms with van der Waals surface area (Å²) in [5.41, 5.74) is 3.31. The molecule has 7 rings (SSSR count). The van der Waals surface area contributed by atoms with Crippen molar-refractivity contribution in [2.75, 3.05) is 39.8 Å². The topological polar surface area (TPSA) is 97.4 Å². The molecule has 3 aromatic rings. The van der Waals surface area contributed by atoms with Gasteiger partial charge in [0.1, 0.15) is 18.5 Å². The van der Waals surface area contributed by atoms with Crippen LogP contribution in [-0.2, 0) is 20.9 Å². The van der Waals surface area contributed by atoms with Gasteiger partial charge in [-0.3, -0.25) is 14.5 Å². The van der Waals surface area contributed by atoms with Gasteiger partial charge in [-0.25, -0.2) is 4.79 Å². The minimum Gasteiger partial charge on any atom is -0.489 e. The Morgan fingerprint density at radius 3 is 2.28 bits per heavy atom. The molecular formula is C34H37N3O6. The van der Waals surface area contributed by atoms with Gasteiger partial charge in [0.15, 0.2) is 0 Å². The second-order valence-electron chi connectivity index (χ2n) is 11.6. The zero-order valence-electron chi connectivity index (χ0n) is 24.3. The highest BCUT2D eigenvalue weighted by atomic mass is 16.6. The number of alkyl carbamates (subject to hydrolysis) is 1. The van der Waals surface area contributed by atoms with Crippen LogP contribution in [-0.4, -0.2) is 73.7 Å². The number of nitrogens with zero attached hydrogens (tertiary/aromatic N) is 2. The molecule has 2 bridgehead atoms. The van der Waals surface area contributed by atoms with E-state index in [0.717, 1.165) is 49.2 Å². The zero-order chi connectivity index (χ0) is 29.8. The van der Waals surface area contributed by atoms with Crippen molar-refractivity contribution in [3.63, 3.8) is 0 Å². The van der Waals surface area contributed by atoms with Gasteiger partial charge in [-0.1, -0.05) is 54.6 Å². The number of likely N-dealkylation sites (tertiary alicyclic amines) is 1. The summed E-state index contributed by atoms with van der Waals surface area (Å²) in [4.78, 5) is 41.4. The van der Waals surface area contributed by atoms with E-state index in [2.05, 4.69) is 10.2 Å². The maximum Gasteiger partial charge on any atom is 0.408 e. The number of hydrogen-bond acceptors (Lipinski definition) is 7. The molecule has 4 saturated heterocycles. The monoisotopic (exact) mass is 583 g/mol. The number of nitrogens with one attached hydrogen (secondary N) is 1. The lowest BCUT2D eigenvalue weighted by Crippen LogP contribution is -2.53. The first-order chi connectivity index (χ1) is 21.0. The number of fused-ring (bicyclic) bond motifs is 3. The first-order valence-corrected chi connectivity index (χ1v) is 14.9. The fraction of sp³-hybridized carbons (Fsp3) is 0.382. The fourth-order valence-corrected chi connectivity index (χ4v) is 6.18. The Labute approximate surface area is 251 Å². The summed E-state index contributed by atoms with van der Waals surface area (Å²) in [6.07, 6.45) is 1.67. The van der Waals surface area contributed by atoms with E-state index in [4.69, 9.17) is 14.2 Å². The Morgan fingerprint density at radius 1 is 0.884 bits per heavy atom. The number of methoxy groups -OCH3 is 1. The number of amides is 2. The van der Waals surface area contributed by atoms with Gasteiger partial charge in [-0.05, 0) is 72.8 Å². The average molecular weight is 584 g/mol. The maximum absolute atomic E-state index is 13.1. The van der Waals surface area contributed by atoms with Gasteiger partial charge in [0, 0.05) is 25.2 Å². The second-order valence-corrected chi connectivity index (χ2v) is 11.6. The molecule has 0 radical (unpaired) electrons. The SMILES string of the molecule is COC(=O)C1CN(C(=O)c2ccc(COc3cccc(C(NC(=O)OC4CN5CCC4CC5)c4ccccc4)c3)cc2)C1. The van der Waals surface area contributed by atoms with E-state index in [-0.39, 0.29) is 23.9 Å². The van der Waals surface area contributed by atoms with E-state index in [0.29, 0.717) is 36.9 Å². The number of esters is 1. The van der Waals surface area contributed by atoms with E-state index in [1.54, 1.807) is 17.0 Å². The van der Waals surface area contributed by atoms with Gasteiger partial charge in [0.2, 0.25) is 0 Å². The summed E-state index contributed by atoms with van der Waals surface area (Å²) >= 11 is 0. The minimum absolute atomic E-state index is 0.0713. The predicted octanol–water partition coefficient (Wildman–Crippen LogP) is 4.42. The highest BCUT2D eigenvalue weighted by molar-refractivity contribution is 5.95. The molecule has 9 heteroatoms. The Morgan fingerprint density at radius 2 is 1.60 bits per heavy atom. The number of piperidine rings is 3. The molecule has 0 saturated carbocycles. The summed E-state index contributed by atoms with van der Waals surface area (Å²) in [6.45, 7) is 4.06. The van der Waals surface area contributed by atoms with Crippen LogP contribution in [0.2, 0.25) is 0 Å². The van der Waals surface area contributed by atoms with Gasteiger partial charge in [0.05, 0.1) is 19.1 Å². The quantitative estimate of drug-likeness (QED) is 0.373. The normalized spacial score (nSPS) is 21.8. The van der Waals surface area contributed by atoms with Gasteiger partial charge < -0.3 is 24.4 Å². The van der Waals surface area contributed by atoms with E-state index < -0.39 is 12.1 Å². The molecule has 4 fully saturated rings. The van der Waals surface area contributed by atoms with Crippen molar-refractivity contribution < 1.29 is 28.6 Å². The van der Waals surface area contributed by atoms with Gasteiger partial charge >= 0.3 is 12.1 Å². The number of carbonyl (C=O) groups is 3. The molecule has 0 aromatic heterocycles. The third-order valence-corrected chi connectivity index (χ3v) is 8.75. The van der Waals surface area contributed by atoms with Crippen LogP contribution < -0.4 is 10.1 Å². The summed E-state index contributed by atoms with van der Waals surface area (Å²) < 4.78 is 16.8. The predicted molar refractivity (Wildman–Crippen MR) is 159 cm³/mol. The molecule has 4 aliphatic heterocycles. The number of benzene rings is 3. The number of rotatable bonds is 9. The van der Waals surface area contributed by atoms with Gasteiger partial charge in [-0.15, -0.1) is 0 Å². The highest BCUT2D eigenvalue weighted by Crippen LogP contribution is 2.31. The molecule has 3 aromatic carbocycles. The van der Waals surface area contributed by atoms with Crippen LogP contribution in [0.5, 0.6) is 5.75 Å². The molecule has 4 aliphatic rings. The molecule has 4 heterocycles. The van der Waals surface area contributed by atoms with Crippen LogP contribution in [0.15, 0.2) is 78.9 Å². The van der Waals surface area contributed by atoms with E-state index in [1.807, 2.05) is 66.7 Å². The maximum atomic E-state index is 13.1. The molecule has 2 atom stereocenters. The zero-order valence-corrected chi connectivity index (χ0v) is 24.3. The van der Waals surface area contributed by atoms with Crippen LogP contribution in [0.3, 0.4) is 0 Å².